The molecular weight excluding hydrogens is 330 g/mol. The van der Waals surface area contributed by atoms with Gasteiger partial charge in [0, 0.05) is 37.9 Å². The first-order valence-corrected chi connectivity index (χ1v) is 8.55. The van der Waals surface area contributed by atoms with Gasteiger partial charge in [-0.1, -0.05) is 24.3 Å². The molecule has 1 aliphatic rings. The molecule has 0 bridgehead atoms. The van der Waals surface area contributed by atoms with Gasteiger partial charge >= 0.3 is 0 Å². The number of piperazine rings is 1. The van der Waals surface area contributed by atoms with Crippen LogP contribution in [0.2, 0.25) is 0 Å². The molecule has 7 heteroatoms. The molecule has 0 saturated carbocycles. The van der Waals surface area contributed by atoms with Crippen molar-refractivity contribution in [2.45, 2.75) is 6.42 Å². The van der Waals surface area contributed by atoms with E-state index in [9.17, 15) is 9.59 Å². The maximum absolute atomic E-state index is 12.4. The largest absolute Gasteiger partial charge is 0.383 e. The fourth-order valence-corrected chi connectivity index (χ4v) is 2.99. The normalized spacial score (nSPS) is 15.0. The number of benzene rings is 1. The summed E-state index contributed by atoms with van der Waals surface area (Å²) >= 11 is 0. The summed E-state index contributed by atoms with van der Waals surface area (Å²) < 4.78 is 0. The van der Waals surface area contributed by atoms with Crippen LogP contribution >= 0.6 is 0 Å². The second-order valence-corrected chi connectivity index (χ2v) is 6.58. The third kappa shape index (κ3) is 4.00. The van der Waals surface area contributed by atoms with Crippen LogP contribution in [0, 0.1) is 0 Å². The van der Waals surface area contributed by atoms with E-state index in [-0.39, 0.29) is 17.3 Å². The van der Waals surface area contributed by atoms with Gasteiger partial charge in [0.15, 0.2) is 0 Å². The SMILES string of the molecule is CN1CCN(C(=O)Cc2ccc(-c3cnc(N)c(C(N)=O)c3)cc2)CC1. The van der Waals surface area contributed by atoms with Crippen molar-refractivity contribution >= 4 is 17.6 Å². The van der Waals surface area contributed by atoms with Crippen molar-refractivity contribution < 1.29 is 9.59 Å². The van der Waals surface area contributed by atoms with Crippen LogP contribution in [-0.2, 0) is 11.2 Å². The molecule has 1 aromatic heterocycles. The highest BCUT2D eigenvalue weighted by Crippen LogP contribution is 2.22. The Balaban J connectivity index is 1.70. The third-order valence-electron chi connectivity index (χ3n) is 4.68. The summed E-state index contributed by atoms with van der Waals surface area (Å²) in [6.07, 6.45) is 1.99. The number of anilines is 1. The number of pyridine rings is 1. The van der Waals surface area contributed by atoms with E-state index >= 15 is 0 Å². The Morgan fingerprint density at radius 1 is 1.08 bits per heavy atom. The molecule has 4 N–H and O–H groups in total. The Morgan fingerprint density at radius 3 is 2.35 bits per heavy atom. The molecule has 0 spiro atoms. The molecule has 2 amide bonds. The van der Waals surface area contributed by atoms with Crippen molar-refractivity contribution in [3.63, 3.8) is 0 Å². The van der Waals surface area contributed by atoms with E-state index in [1.165, 1.54) is 0 Å². The predicted molar refractivity (Wildman–Crippen MR) is 100 cm³/mol. The van der Waals surface area contributed by atoms with Crippen LogP contribution < -0.4 is 11.5 Å². The van der Waals surface area contributed by atoms with E-state index in [0.29, 0.717) is 6.42 Å². The minimum Gasteiger partial charge on any atom is -0.383 e. The number of hydrogen-bond donors (Lipinski definition) is 2. The quantitative estimate of drug-likeness (QED) is 0.844. The average Bonchev–Trinajstić information content (AvgIpc) is 2.63. The number of rotatable bonds is 4. The molecule has 1 fully saturated rings. The van der Waals surface area contributed by atoms with Gasteiger partial charge in [-0.05, 0) is 24.2 Å². The Morgan fingerprint density at radius 2 is 1.73 bits per heavy atom. The lowest BCUT2D eigenvalue weighted by atomic mass is 10.0. The highest BCUT2D eigenvalue weighted by atomic mass is 16.2. The van der Waals surface area contributed by atoms with Gasteiger partial charge in [0.1, 0.15) is 5.82 Å². The molecule has 0 aliphatic carbocycles. The zero-order valence-electron chi connectivity index (χ0n) is 14.8. The molecule has 2 aromatic rings. The molecule has 26 heavy (non-hydrogen) atoms. The molecule has 1 aliphatic heterocycles. The Labute approximate surface area is 152 Å². The summed E-state index contributed by atoms with van der Waals surface area (Å²) in [6, 6.07) is 9.29. The van der Waals surface area contributed by atoms with Crippen molar-refractivity contribution in [2.75, 3.05) is 39.0 Å². The van der Waals surface area contributed by atoms with Crippen LogP contribution in [0.4, 0.5) is 5.82 Å². The predicted octanol–water partition coefficient (Wildman–Crippen LogP) is 0.746. The Bertz CT molecular complexity index is 811. The summed E-state index contributed by atoms with van der Waals surface area (Å²) in [4.78, 5) is 32.0. The molecule has 0 unspecified atom stereocenters. The van der Waals surface area contributed by atoms with Gasteiger partial charge in [0.05, 0.1) is 12.0 Å². The molecule has 0 atom stereocenters. The van der Waals surface area contributed by atoms with Crippen LogP contribution in [0.1, 0.15) is 15.9 Å². The van der Waals surface area contributed by atoms with Gasteiger partial charge in [-0.2, -0.15) is 0 Å². The van der Waals surface area contributed by atoms with E-state index in [1.54, 1.807) is 12.3 Å². The van der Waals surface area contributed by atoms with Crippen LogP contribution in [0.5, 0.6) is 0 Å². The van der Waals surface area contributed by atoms with E-state index < -0.39 is 5.91 Å². The third-order valence-corrected chi connectivity index (χ3v) is 4.68. The second-order valence-electron chi connectivity index (χ2n) is 6.58. The minimum absolute atomic E-state index is 0.121. The van der Waals surface area contributed by atoms with E-state index in [4.69, 9.17) is 11.5 Å². The number of aromatic nitrogens is 1. The van der Waals surface area contributed by atoms with Crippen LogP contribution in [0.25, 0.3) is 11.1 Å². The molecule has 0 radical (unpaired) electrons. The fraction of sp³-hybridized carbons (Fsp3) is 0.316. The number of primary amides is 1. The molecule has 7 nitrogen and oxygen atoms in total. The molecule has 1 saturated heterocycles. The number of amides is 2. The molecule has 3 rings (SSSR count). The number of carbonyl (C=O) groups excluding carboxylic acids is 2. The van der Waals surface area contributed by atoms with E-state index in [0.717, 1.165) is 42.9 Å². The highest BCUT2D eigenvalue weighted by molar-refractivity contribution is 5.98. The van der Waals surface area contributed by atoms with E-state index in [1.807, 2.05) is 29.2 Å². The lowest BCUT2D eigenvalue weighted by Crippen LogP contribution is -2.47. The number of nitrogen functional groups attached to an aromatic ring is 1. The number of hydrogen-bond acceptors (Lipinski definition) is 5. The monoisotopic (exact) mass is 353 g/mol. The van der Waals surface area contributed by atoms with Gasteiger partial charge in [-0.25, -0.2) is 4.98 Å². The lowest BCUT2D eigenvalue weighted by Gasteiger charge is -2.32. The smallest absolute Gasteiger partial charge is 0.252 e. The molecule has 1 aromatic carbocycles. The standard InChI is InChI=1S/C19H23N5O2/c1-23-6-8-24(9-7-23)17(25)10-13-2-4-14(5-3-13)15-11-16(19(21)26)18(20)22-12-15/h2-5,11-12H,6-10H2,1H3,(H2,20,22)(H2,21,26). The summed E-state index contributed by atoms with van der Waals surface area (Å²) in [7, 11) is 2.07. The molecule has 2 heterocycles. The minimum atomic E-state index is -0.605. The van der Waals surface area contributed by atoms with Crippen LogP contribution in [-0.4, -0.2) is 59.8 Å². The summed E-state index contributed by atoms with van der Waals surface area (Å²) in [5.74, 6) is -0.335. The van der Waals surface area contributed by atoms with Crippen molar-refractivity contribution in [1.29, 1.82) is 0 Å². The summed E-state index contributed by atoms with van der Waals surface area (Å²) in [5, 5.41) is 0. The summed E-state index contributed by atoms with van der Waals surface area (Å²) in [6.45, 7) is 3.38. The van der Waals surface area contributed by atoms with Gasteiger partial charge in [0.2, 0.25) is 5.91 Å². The zero-order chi connectivity index (χ0) is 18.7. The summed E-state index contributed by atoms with van der Waals surface area (Å²) in [5.41, 5.74) is 13.8. The first-order chi connectivity index (χ1) is 12.4. The average molecular weight is 353 g/mol. The van der Waals surface area contributed by atoms with Crippen molar-refractivity contribution in [1.82, 2.24) is 14.8 Å². The Hall–Kier alpha value is -2.93. The topological polar surface area (TPSA) is 106 Å². The number of nitrogens with zero attached hydrogens (tertiary/aromatic N) is 3. The van der Waals surface area contributed by atoms with Crippen LogP contribution in [0.3, 0.4) is 0 Å². The van der Waals surface area contributed by atoms with Crippen molar-refractivity contribution in [3.05, 3.63) is 47.7 Å². The lowest BCUT2D eigenvalue weighted by molar-refractivity contribution is -0.132. The van der Waals surface area contributed by atoms with Gasteiger partial charge in [0.25, 0.3) is 5.91 Å². The maximum Gasteiger partial charge on any atom is 0.252 e. The van der Waals surface area contributed by atoms with Crippen LogP contribution in [0.15, 0.2) is 36.5 Å². The zero-order valence-corrected chi connectivity index (χ0v) is 14.8. The molecular formula is C19H23N5O2. The number of likely N-dealkylation sites (N-methyl/N-ethyl adjacent to an activating group) is 1. The number of carbonyl (C=O) groups is 2. The Kier molecular flexibility index (Phi) is 5.18. The van der Waals surface area contributed by atoms with Crippen molar-refractivity contribution in [2.24, 2.45) is 5.73 Å². The molecule has 136 valence electrons. The fourth-order valence-electron chi connectivity index (χ4n) is 2.99. The van der Waals surface area contributed by atoms with Gasteiger partial charge < -0.3 is 21.3 Å². The highest BCUT2D eigenvalue weighted by Gasteiger charge is 2.19. The maximum atomic E-state index is 12.4. The van der Waals surface area contributed by atoms with Crippen molar-refractivity contribution in [3.8, 4) is 11.1 Å². The van der Waals surface area contributed by atoms with E-state index in [2.05, 4.69) is 16.9 Å². The first-order valence-electron chi connectivity index (χ1n) is 8.55. The van der Waals surface area contributed by atoms with Gasteiger partial charge in [-0.3, -0.25) is 9.59 Å². The second kappa shape index (κ2) is 7.53. The number of nitrogens with two attached hydrogens (primary N) is 2. The van der Waals surface area contributed by atoms with Gasteiger partial charge in [-0.15, -0.1) is 0 Å². The first kappa shape index (κ1) is 17.9.